The number of hydrogen-bond donors (Lipinski definition) is 3. The van der Waals surface area contributed by atoms with Crippen molar-refractivity contribution in [2.45, 2.75) is 19.6 Å². The van der Waals surface area contributed by atoms with Crippen LogP contribution in [-0.4, -0.2) is 38.5 Å². The Morgan fingerprint density at radius 1 is 0.907 bits per heavy atom. The fourth-order valence-corrected chi connectivity index (χ4v) is 4.46. The Labute approximate surface area is 243 Å². The predicted molar refractivity (Wildman–Crippen MR) is 154 cm³/mol. The third-order valence-corrected chi connectivity index (χ3v) is 6.63. The molecule has 0 saturated carbocycles. The largest absolute Gasteiger partial charge is 0.497 e. The molecule has 3 aromatic carbocycles. The van der Waals surface area contributed by atoms with Crippen LogP contribution in [0.1, 0.15) is 37.5 Å². The molecule has 2 heterocycles. The number of aromatic nitrogens is 4. The first-order valence-electron chi connectivity index (χ1n) is 12.9. The standard InChI is InChI=1S/C30H26F3N7O3/c1-18-14-20(37-29(42)24-15-36-40(26(24)30(31,32)33)21-6-4-3-5-7-21)10-13-23(18)28(41)38-25-16-35-39(27(25)34)17-19-8-11-22(43-2)12-9-19/h3-16H,17,34H2,1-2H3,(H,37,42)(H,38,41). The summed E-state index contributed by atoms with van der Waals surface area (Å²) in [5, 5.41) is 13.3. The Hall–Kier alpha value is -5.59. The van der Waals surface area contributed by atoms with Crippen LogP contribution < -0.4 is 21.1 Å². The fraction of sp³-hybridized carbons (Fsp3) is 0.133. The van der Waals surface area contributed by atoms with E-state index in [4.69, 9.17) is 10.5 Å². The lowest BCUT2D eigenvalue weighted by atomic mass is 10.1. The number of para-hydroxylation sites is 1. The topological polar surface area (TPSA) is 129 Å². The van der Waals surface area contributed by atoms with Crippen LogP contribution in [0.3, 0.4) is 0 Å². The minimum atomic E-state index is -4.85. The molecule has 0 aliphatic heterocycles. The Kier molecular flexibility index (Phi) is 7.88. The van der Waals surface area contributed by atoms with Crippen LogP contribution in [0.25, 0.3) is 5.69 Å². The zero-order valence-electron chi connectivity index (χ0n) is 23.0. The van der Waals surface area contributed by atoms with Crippen molar-refractivity contribution in [2.24, 2.45) is 0 Å². The number of anilines is 3. The van der Waals surface area contributed by atoms with Crippen LogP contribution in [0.2, 0.25) is 0 Å². The second kappa shape index (κ2) is 11.7. The lowest BCUT2D eigenvalue weighted by Crippen LogP contribution is -2.21. The smallest absolute Gasteiger partial charge is 0.434 e. The summed E-state index contributed by atoms with van der Waals surface area (Å²) in [4.78, 5) is 26.0. The van der Waals surface area contributed by atoms with E-state index in [1.807, 2.05) is 24.3 Å². The lowest BCUT2D eigenvalue weighted by molar-refractivity contribution is -0.143. The van der Waals surface area contributed by atoms with E-state index in [0.29, 0.717) is 22.5 Å². The summed E-state index contributed by atoms with van der Waals surface area (Å²) in [7, 11) is 1.58. The highest BCUT2D eigenvalue weighted by Crippen LogP contribution is 2.34. The fourth-order valence-electron chi connectivity index (χ4n) is 4.46. The Morgan fingerprint density at radius 3 is 2.26 bits per heavy atom. The molecule has 4 N–H and O–H groups in total. The minimum Gasteiger partial charge on any atom is -0.497 e. The Bertz CT molecular complexity index is 1780. The highest BCUT2D eigenvalue weighted by Gasteiger charge is 2.40. The molecule has 10 nitrogen and oxygen atoms in total. The van der Waals surface area contributed by atoms with E-state index < -0.39 is 29.2 Å². The summed E-state index contributed by atoms with van der Waals surface area (Å²) in [6.45, 7) is 2.01. The molecule has 2 aromatic heterocycles. The number of rotatable bonds is 8. The number of nitrogens with one attached hydrogen (secondary N) is 2. The first-order valence-corrected chi connectivity index (χ1v) is 12.9. The highest BCUT2D eigenvalue weighted by molar-refractivity contribution is 6.08. The number of methoxy groups -OCH3 is 1. The maximum atomic E-state index is 14.0. The molecule has 0 fully saturated rings. The monoisotopic (exact) mass is 589 g/mol. The van der Waals surface area contributed by atoms with Gasteiger partial charge in [0.1, 0.15) is 17.3 Å². The molecule has 0 spiro atoms. The molecule has 0 bridgehead atoms. The number of hydrogen-bond acceptors (Lipinski definition) is 6. The van der Waals surface area contributed by atoms with Crippen molar-refractivity contribution in [1.82, 2.24) is 19.6 Å². The lowest BCUT2D eigenvalue weighted by Gasteiger charge is -2.13. The van der Waals surface area contributed by atoms with Gasteiger partial charge in [0.25, 0.3) is 11.8 Å². The highest BCUT2D eigenvalue weighted by atomic mass is 19.4. The van der Waals surface area contributed by atoms with Crippen molar-refractivity contribution >= 4 is 29.0 Å². The quantitative estimate of drug-likeness (QED) is 0.218. The van der Waals surface area contributed by atoms with E-state index in [2.05, 4.69) is 20.8 Å². The van der Waals surface area contributed by atoms with E-state index in [9.17, 15) is 22.8 Å². The number of nitrogens with two attached hydrogens (primary N) is 1. The number of nitrogen functional groups attached to an aromatic ring is 1. The number of aryl methyl sites for hydroxylation is 1. The molecular weight excluding hydrogens is 563 g/mol. The van der Waals surface area contributed by atoms with E-state index in [1.165, 1.54) is 41.2 Å². The first kappa shape index (κ1) is 28.9. The summed E-state index contributed by atoms with van der Waals surface area (Å²) in [5.74, 6) is -0.503. The Balaban J connectivity index is 1.29. The molecule has 0 aliphatic carbocycles. The van der Waals surface area contributed by atoms with Gasteiger partial charge in [-0.25, -0.2) is 9.36 Å². The molecule has 5 rings (SSSR count). The van der Waals surface area contributed by atoms with Gasteiger partial charge in [-0.3, -0.25) is 9.59 Å². The van der Waals surface area contributed by atoms with Gasteiger partial charge in [0, 0.05) is 11.3 Å². The molecule has 5 aromatic rings. The number of nitrogens with zero attached hydrogens (tertiary/aromatic N) is 4. The molecule has 0 aliphatic rings. The Morgan fingerprint density at radius 2 is 1.60 bits per heavy atom. The van der Waals surface area contributed by atoms with Gasteiger partial charge in [-0.2, -0.15) is 23.4 Å². The van der Waals surface area contributed by atoms with Crippen molar-refractivity contribution in [3.8, 4) is 11.4 Å². The van der Waals surface area contributed by atoms with Crippen LogP contribution in [0, 0.1) is 6.92 Å². The average molecular weight is 590 g/mol. The number of carbonyl (C=O) groups is 2. The maximum absolute atomic E-state index is 14.0. The van der Waals surface area contributed by atoms with Gasteiger partial charge in [-0.15, -0.1) is 0 Å². The van der Waals surface area contributed by atoms with Crippen molar-refractivity contribution in [2.75, 3.05) is 23.5 Å². The van der Waals surface area contributed by atoms with E-state index in [1.54, 1.807) is 32.2 Å². The van der Waals surface area contributed by atoms with Crippen molar-refractivity contribution in [3.63, 3.8) is 0 Å². The van der Waals surface area contributed by atoms with E-state index in [0.717, 1.165) is 17.5 Å². The van der Waals surface area contributed by atoms with Crippen LogP contribution >= 0.6 is 0 Å². The molecule has 43 heavy (non-hydrogen) atoms. The van der Waals surface area contributed by atoms with Gasteiger partial charge >= 0.3 is 6.18 Å². The molecule has 0 unspecified atom stereocenters. The molecular formula is C30H26F3N7O3. The molecule has 0 atom stereocenters. The number of alkyl halides is 3. The summed E-state index contributed by atoms with van der Waals surface area (Å²) < 4.78 is 49.3. The average Bonchev–Trinajstić information content (AvgIpc) is 3.59. The summed E-state index contributed by atoms with van der Waals surface area (Å²) >= 11 is 0. The number of halogens is 3. The number of amides is 2. The number of carbonyl (C=O) groups excluding carboxylic acids is 2. The van der Waals surface area contributed by atoms with Crippen molar-refractivity contribution in [1.29, 1.82) is 0 Å². The molecule has 0 saturated heterocycles. The SMILES string of the molecule is COc1ccc(Cn2ncc(NC(=O)c3ccc(NC(=O)c4cnn(-c5ccccc5)c4C(F)(F)F)cc3C)c2N)cc1. The predicted octanol–water partition coefficient (Wildman–Crippen LogP) is 5.54. The van der Waals surface area contributed by atoms with Gasteiger partial charge in [-0.05, 0) is 60.5 Å². The normalized spacial score (nSPS) is 11.3. The first-order chi connectivity index (χ1) is 20.5. The van der Waals surface area contributed by atoms with Crippen LogP contribution in [0.15, 0.2) is 85.2 Å². The van der Waals surface area contributed by atoms with Gasteiger partial charge in [0.15, 0.2) is 5.69 Å². The maximum Gasteiger partial charge on any atom is 0.434 e. The zero-order valence-corrected chi connectivity index (χ0v) is 23.0. The number of ether oxygens (including phenoxy) is 1. The third kappa shape index (κ3) is 6.20. The van der Waals surface area contributed by atoms with E-state index >= 15 is 0 Å². The third-order valence-electron chi connectivity index (χ3n) is 6.63. The molecule has 13 heteroatoms. The molecule has 0 radical (unpaired) electrons. The minimum absolute atomic E-state index is 0.159. The van der Waals surface area contributed by atoms with Crippen LogP contribution in [0.4, 0.5) is 30.4 Å². The van der Waals surface area contributed by atoms with Gasteiger partial charge in [0.05, 0.1) is 37.3 Å². The summed E-state index contributed by atoms with van der Waals surface area (Å²) in [6, 6.07) is 19.5. The number of benzene rings is 3. The van der Waals surface area contributed by atoms with Gasteiger partial charge < -0.3 is 21.1 Å². The van der Waals surface area contributed by atoms with Crippen molar-refractivity contribution < 1.29 is 27.5 Å². The summed E-state index contributed by atoms with van der Waals surface area (Å²) in [6.07, 6.45) is -2.53. The summed E-state index contributed by atoms with van der Waals surface area (Å²) in [5.41, 5.74) is 6.71. The second-order valence-corrected chi connectivity index (χ2v) is 9.54. The van der Waals surface area contributed by atoms with E-state index in [-0.39, 0.29) is 22.8 Å². The van der Waals surface area contributed by atoms with Gasteiger partial charge in [0.2, 0.25) is 0 Å². The molecule has 2 amide bonds. The van der Waals surface area contributed by atoms with Crippen LogP contribution in [0.5, 0.6) is 5.75 Å². The zero-order chi connectivity index (χ0) is 30.7. The second-order valence-electron chi connectivity index (χ2n) is 9.54. The van der Waals surface area contributed by atoms with Crippen LogP contribution in [-0.2, 0) is 12.7 Å². The van der Waals surface area contributed by atoms with Gasteiger partial charge in [-0.1, -0.05) is 30.3 Å². The molecule has 220 valence electrons. The van der Waals surface area contributed by atoms with Crippen molar-refractivity contribution in [3.05, 3.63) is 113 Å².